The minimum absolute atomic E-state index is 0.190. The Hall–Kier alpha value is -2.01. The second-order valence-corrected chi connectivity index (χ2v) is 5.34. The Balaban J connectivity index is 2.64. The number of benzene rings is 1. The molecule has 0 aliphatic carbocycles. The highest BCUT2D eigenvalue weighted by Crippen LogP contribution is 2.36. The van der Waals surface area contributed by atoms with E-state index >= 15 is 0 Å². The third-order valence-electron chi connectivity index (χ3n) is 3.71. The van der Waals surface area contributed by atoms with Crippen LogP contribution in [0.1, 0.15) is 18.5 Å². The lowest BCUT2D eigenvalue weighted by Crippen LogP contribution is -2.47. The van der Waals surface area contributed by atoms with E-state index in [-0.39, 0.29) is 6.03 Å². The molecule has 1 aliphatic heterocycles. The third kappa shape index (κ3) is 2.61. The van der Waals surface area contributed by atoms with Gasteiger partial charge in [0.1, 0.15) is 0 Å². The average molecular weight is 309 g/mol. The number of nitrogens with zero attached hydrogens (tertiary/aromatic N) is 2. The maximum atomic E-state index is 12.3. The summed E-state index contributed by atoms with van der Waals surface area (Å²) in [5.74, 6) is -0.455. The quantitative estimate of drug-likeness (QED) is 0.789. The lowest BCUT2D eigenvalue weighted by atomic mass is 9.94. The molecule has 0 fully saturated rings. The molecule has 0 N–H and O–H groups in total. The number of amides is 2. The minimum Gasteiger partial charge on any atom is -0.466 e. The van der Waals surface area contributed by atoms with Crippen molar-refractivity contribution in [3.63, 3.8) is 0 Å². The molecule has 112 valence electrons. The Labute approximate surface area is 128 Å². The largest absolute Gasteiger partial charge is 0.466 e. The molecule has 0 radical (unpaired) electrons. The zero-order chi connectivity index (χ0) is 15.7. The Kier molecular flexibility index (Phi) is 4.23. The first-order valence-corrected chi connectivity index (χ1v) is 6.81. The fourth-order valence-corrected chi connectivity index (χ4v) is 2.70. The number of esters is 1. The van der Waals surface area contributed by atoms with Crippen molar-refractivity contribution in [1.29, 1.82) is 0 Å². The normalized spacial score (nSPS) is 19.1. The number of likely N-dealkylation sites (N-methyl/N-ethyl adjacent to an activating group) is 1. The van der Waals surface area contributed by atoms with E-state index in [1.54, 1.807) is 39.2 Å². The predicted octanol–water partition coefficient (Wildman–Crippen LogP) is 2.83. The number of hydrogen-bond donors (Lipinski definition) is 0. The molecule has 2 rings (SSSR count). The second-order valence-electron chi connectivity index (χ2n) is 4.90. The van der Waals surface area contributed by atoms with Crippen LogP contribution in [0.15, 0.2) is 35.5 Å². The third-order valence-corrected chi connectivity index (χ3v) is 3.95. The summed E-state index contributed by atoms with van der Waals surface area (Å²) in [5.41, 5.74) is 1.78. The van der Waals surface area contributed by atoms with Gasteiger partial charge in [-0.15, -0.1) is 0 Å². The van der Waals surface area contributed by atoms with Gasteiger partial charge in [-0.2, -0.15) is 0 Å². The summed E-state index contributed by atoms with van der Waals surface area (Å²) in [5, 5.41) is 0.550. The molecule has 1 unspecified atom stereocenters. The van der Waals surface area contributed by atoms with Gasteiger partial charge in [-0.3, -0.25) is 0 Å². The fourth-order valence-electron chi connectivity index (χ4n) is 2.50. The van der Waals surface area contributed by atoms with E-state index in [1.165, 1.54) is 16.9 Å². The lowest BCUT2D eigenvalue weighted by Gasteiger charge is -2.39. The summed E-state index contributed by atoms with van der Waals surface area (Å²) in [7, 11) is 4.61. The Morgan fingerprint density at radius 2 is 2.00 bits per heavy atom. The highest BCUT2D eigenvalue weighted by atomic mass is 35.5. The molecular formula is C15H17ClN2O3. The molecule has 0 aromatic heterocycles. The number of halogens is 1. The van der Waals surface area contributed by atoms with Crippen molar-refractivity contribution in [3.05, 3.63) is 46.1 Å². The zero-order valence-corrected chi connectivity index (χ0v) is 13.1. The number of carbonyl (C=O) groups is 2. The number of urea groups is 1. The molecular weight excluding hydrogens is 292 g/mol. The van der Waals surface area contributed by atoms with Gasteiger partial charge in [-0.25, -0.2) is 9.59 Å². The van der Waals surface area contributed by atoms with Crippen molar-refractivity contribution in [3.8, 4) is 0 Å². The van der Waals surface area contributed by atoms with Crippen molar-refractivity contribution in [2.75, 3.05) is 21.2 Å². The Morgan fingerprint density at radius 1 is 1.33 bits per heavy atom. The SMILES string of the molecule is COC(=O)C1=C(C)N(C)C(=O)N(C)C1c1cccc(Cl)c1. The predicted molar refractivity (Wildman–Crippen MR) is 79.8 cm³/mol. The van der Waals surface area contributed by atoms with Gasteiger partial charge in [0, 0.05) is 24.8 Å². The monoisotopic (exact) mass is 308 g/mol. The standard InChI is InChI=1S/C15H17ClN2O3/c1-9-12(14(19)21-4)13(18(3)15(20)17(9)2)10-6-5-7-11(16)8-10/h5-8,13H,1-4H3. The summed E-state index contributed by atoms with van der Waals surface area (Å²) >= 11 is 6.03. The molecule has 21 heavy (non-hydrogen) atoms. The Bertz CT molecular complexity index is 627. The number of allylic oxidation sites excluding steroid dienone is 1. The van der Waals surface area contributed by atoms with E-state index < -0.39 is 12.0 Å². The molecule has 0 bridgehead atoms. The highest BCUT2D eigenvalue weighted by molar-refractivity contribution is 6.30. The van der Waals surface area contributed by atoms with Gasteiger partial charge in [0.05, 0.1) is 18.7 Å². The van der Waals surface area contributed by atoms with E-state index in [0.29, 0.717) is 16.3 Å². The zero-order valence-electron chi connectivity index (χ0n) is 12.4. The molecule has 1 aliphatic rings. The van der Waals surface area contributed by atoms with E-state index in [0.717, 1.165) is 5.56 Å². The first kappa shape index (κ1) is 15.4. The average Bonchev–Trinajstić information content (AvgIpc) is 2.47. The van der Waals surface area contributed by atoms with Gasteiger partial charge >= 0.3 is 12.0 Å². The number of carbonyl (C=O) groups excluding carboxylic acids is 2. The molecule has 2 amide bonds. The van der Waals surface area contributed by atoms with Crippen molar-refractivity contribution in [1.82, 2.24) is 9.80 Å². The van der Waals surface area contributed by atoms with Crippen molar-refractivity contribution < 1.29 is 14.3 Å². The topological polar surface area (TPSA) is 49.9 Å². The van der Waals surface area contributed by atoms with E-state index in [9.17, 15) is 9.59 Å². The molecule has 1 aromatic rings. The summed E-state index contributed by atoms with van der Waals surface area (Å²) in [6.45, 7) is 1.73. The number of ether oxygens (including phenoxy) is 1. The summed E-state index contributed by atoms with van der Waals surface area (Å²) < 4.78 is 4.88. The first-order valence-electron chi connectivity index (χ1n) is 6.43. The van der Waals surface area contributed by atoms with Crippen LogP contribution in [0.25, 0.3) is 0 Å². The second kappa shape index (κ2) is 5.77. The first-order chi connectivity index (χ1) is 9.88. The van der Waals surface area contributed by atoms with Gasteiger partial charge in [-0.1, -0.05) is 23.7 Å². The van der Waals surface area contributed by atoms with Crippen LogP contribution in [-0.4, -0.2) is 43.0 Å². The van der Waals surface area contributed by atoms with Crippen LogP contribution in [0.4, 0.5) is 4.79 Å². The molecule has 1 heterocycles. The maximum Gasteiger partial charge on any atom is 0.337 e. The molecule has 6 heteroatoms. The van der Waals surface area contributed by atoms with E-state index in [4.69, 9.17) is 16.3 Å². The van der Waals surface area contributed by atoms with Crippen LogP contribution in [0.3, 0.4) is 0 Å². The van der Waals surface area contributed by atoms with Gasteiger partial charge in [-0.05, 0) is 24.6 Å². The number of rotatable bonds is 2. The van der Waals surface area contributed by atoms with Crippen molar-refractivity contribution in [2.24, 2.45) is 0 Å². The van der Waals surface area contributed by atoms with Crippen molar-refractivity contribution >= 4 is 23.6 Å². The lowest BCUT2D eigenvalue weighted by molar-refractivity contribution is -0.137. The number of hydrogen-bond acceptors (Lipinski definition) is 3. The van der Waals surface area contributed by atoms with Crippen LogP contribution in [0.2, 0.25) is 5.02 Å². The molecule has 1 aromatic carbocycles. The Morgan fingerprint density at radius 3 is 2.57 bits per heavy atom. The summed E-state index contributed by atoms with van der Waals surface area (Å²) in [4.78, 5) is 27.4. The number of methoxy groups -OCH3 is 1. The van der Waals surface area contributed by atoms with Crippen LogP contribution in [-0.2, 0) is 9.53 Å². The van der Waals surface area contributed by atoms with Crippen LogP contribution < -0.4 is 0 Å². The molecule has 0 saturated carbocycles. The van der Waals surface area contributed by atoms with E-state index in [2.05, 4.69) is 0 Å². The van der Waals surface area contributed by atoms with Crippen LogP contribution >= 0.6 is 11.6 Å². The summed E-state index contributed by atoms with van der Waals surface area (Å²) in [6.07, 6.45) is 0. The van der Waals surface area contributed by atoms with E-state index in [1.807, 2.05) is 6.07 Å². The fraction of sp³-hybridized carbons (Fsp3) is 0.333. The highest BCUT2D eigenvalue weighted by Gasteiger charge is 2.38. The van der Waals surface area contributed by atoms with Crippen molar-refractivity contribution in [2.45, 2.75) is 13.0 Å². The minimum atomic E-state index is -0.514. The van der Waals surface area contributed by atoms with Crippen LogP contribution in [0.5, 0.6) is 0 Å². The molecule has 0 spiro atoms. The molecule has 1 atom stereocenters. The molecule has 5 nitrogen and oxygen atoms in total. The van der Waals surface area contributed by atoms with Gasteiger partial charge in [0.2, 0.25) is 0 Å². The van der Waals surface area contributed by atoms with Gasteiger partial charge in [0.15, 0.2) is 0 Å². The summed E-state index contributed by atoms with van der Waals surface area (Å²) in [6, 6.07) is 6.42. The van der Waals surface area contributed by atoms with Gasteiger partial charge < -0.3 is 14.5 Å². The smallest absolute Gasteiger partial charge is 0.337 e. The van der Waals surface area contributed by atoms with Crippen LogP contribution in [0, 0.1) is 0 Å². The maximum absolute atomic E-state index is 12.3. The van der Waals surface area contributed by atoms with Gasteiger partial charge in [0.25, 0.3) is 0 Å². The molecule has 0 saturated heterocycles.